The van der Waals surface area contributed by atoms with Crippen LogP contribution in [-0.4, -0.2) is 15.5 Å². The second-order valence-corrected chi connectivity index (χ2v) is 4.62. The lowest BCUT2D eigenvalue weighted by molar-refractivity contribution is 0.530. The van der Waals surface area contributed by atoms with Crippen LogP contribution in [0.15, 0.2) is 6.07 Å². The summed E-state index contributed by atoms with van der Waals surface area (Å²) in [5.74, 6) is 2.11. The molecule has 4 nitrogen and oxygen atoms in total. The molecule has 82 valence electrons. The van der Waals surface area contributed by atoms with E-state index in [1.165, 1.54) is 25.7 Å². The molecule has 0 aromatic carbocycles. The normalized spacial score (nSPS) is 19.1. The molecule has 2 rings (SSSR count). The average molecular weight is 206 g/mol. The van der Waals surface area contributed by atoms with Gasteiger partial charge in [-0.15, -0.1) is 0 Å². The largest absolute Gasteiger partial charge is 0.384 e. The van der Waals surface area contributed by atoms with Gasteiger partial charge in [-0.25, -0.2) is 9.97 Å². The topological polar surface area (TPSA) is 63.8 Å². The maximum atomic E-state index is 5.69. The van der Waals surface area contributed by atoms with Crippen molar-refractivity contribution in [1.82, 2.24) is 9.97 Å². The van der Waals surface area contributed by atoms with Gasteiger partial charge >= 0.3 is 0 Å². The van der Waals surface area contributed by atoms with Crippen molar-refractivity contribution in [3.05, 3.63) is 11.9 Å². The molecule has 0 amide bonds. The van der Waals surface area contributed by atoms with Crippen LogP contribution in [0.5, 0.6) is 0 Å². The molecule has 4 heteroatoms. The van der Waals surface area contributed by atoms with Crippen molar-refractivity contribution in [3.63, 3.8) is 0 Å². The van der Waals surface area contributed by atoms with Gasteiger partial charge in [-0.2, -0.15) is 0 Å². The Bertz CT molecular complexity index is 335. The van der Waals surface area contributed by atoms with E-state index in [0.29, 0.717) is 5.82 Å². The molecule has 1 heterocycles. The zero-order valence-corrected chi connectivity index (χ0v) is 9.38. The van der Waals surface area contributed by atoms with Crippen LogP contribution in [0.2, 0.25) is 0 Å². The Kier molecular flexibility index (Phi) is 2.50. The number of aryl methyl sites for hydroxylation is 1. The second-order valence-electron chi connectivity index (χ2n) is 4.62. The zero-order valence-electron chi connectivity index (χ0n) is 9.38. The Morgan fingerprint density at radius 1 is 1.33 bits per heavy atom. The number of aromatic nitrogens is 2. The molecule has 3 N–H and O–H groups in total. The lowest BCUT2D eigenvalue weighted by atomic mass is 10.0. The highest BCUT2D eigenvalue weighted by Crippen LogP contribution is 2.32. The summed E-state index contributed by atoms with van der Waals surface area (Å²) in [5, 5.41) is 3.47. The fraction of sp³-hybridized carbons (Fsp3) is 0.636. The molecule has 1 aromatic heterocycles. The Hall–Kier alpha value is -1.32. The van der Waals surface area contributed by atoms with Crippen LogP contribution in [0, 0.1) is 6.92 Å². The van der Waals surface area contributed by atoms with Gasteiger partial charge in [0.1, 0.15) is 17.5 Å². The van der Waals surface area contributed by atoms with E-state index in [9.17, 15) is 0 Å². The molecule has 1 aromatic rings. The molecule has 0 unspecified atom stereocenters. The average Bonchev–Trinajstić information content (AvgIpc) is 2.49. The summed E-state index contributed by atoms with van der Waals surface area (Å²) in [6.07, 6.45) is 5.00. The number of nitrogens with zero attached hydrogens (tertiary/aromatic N) is 2. The van der Waals surface area contributed by atoms with Crippen LogP contribution < -0.4 is 11.1 Å². The van der Waals surface area contributed by atoms with E-state index in [2.05, 4.69) is 22.2 Å². The van der Waals surface area contributed by atoms with Gasteiger partial charge in [0.2, 0.25) is 0 Å². The molecule has 0 saturated heterocycles. The summed E-state index contributed by atoms with van der Waals surface area (Å²) >= 11 is 0. The fourth-order valence-electron chi connectivity index (χ4n) is 2.24. The Morgan fingerprint density at radius 3 is 2.60 bits per heavy atom. The van der Waals surface area contributed by atoms with Gasteiger partial charge in [0.15, 0.2) is 0 Å². The summed E-state index contributed by atoms with van der Waals surface area (Å²) in [6, 6.07) is 1.80. The highest BCUT2D eigenvalue weighted by Gasteiger charge is 2.28. The van der Waals surface area contributed by atoms with Gasteiger partial charge < -0.3 is 11.1 Å². The smallest absolute Gasteiger partial charge is 0.132 e. The number of hydrogen-bond donors (Lipinski definition) is 2. The molecule has 0 bridgehead atoms. The minimum absolute atomic E-state index is 0.188. The lowest BCUT2D eigenvalue weighted by Crippen LogP contribution is -2.31. The first-order chi connectivity index (χ1) is 7.07. The van der Waals surface area contributed by atoms with Crippen LogP contribution in [0.3, 0.4) is 0 Å². The summed E-state index contributed by atoms with van der Waals surface area (Å²) in [6.45, 7) is 4.10. The third-order valence-electron chi connectivity index (χ3n) is 2.99. The number of nitrogens with one attached hydrogen (secondary N) is 1. The molecular formula is C11H18N4. The Labute approximate surface area is 90.3 Å². The summed E-state index contributed by atoms with van der Waals surface area (Å²) in [7, 11) is 0. The predicted molar refractivity (Wildman–Crippen MR) is 61.7 cm³/mol. The van der Waals surface area contributed by atoms with Crippen molar-refractivity contribution in [1.29, 1.82) is 0 Å². The van der Waals surface area contributed by atoms with E-state index in [0.717, 1.165) is 11.6 Å². The van der Waals surface area contributed by atoms with Gasteiger partial charge in [0.25, 0.3) is 0 Å². The SMILES string of the molecule is Cc1nc(N)cc(NC2(C)CCCC2)n1. The fourth-order valence-corrected chi connectivity index (χ4v) is 2.24. The van der Waals surface area contributed by atoms with Gasteiger partial charge in [-0.05, 0) is 26.7 Å². The van der Waals surface area contributed by atoms with Crippen molar-refractivity contribution in [2.24, 2.45) is 0 Å². The molecule has 0 atom stereocenters. The number of nitrogens with two attached hydrogens (primary N) is 1. The molecule has 1 aliphatic carbocycles. The predicted octanol–water partition coefficient (Wildman–Crippen LogP) is 2.11. The van der Waals surface area contributed by atoms with Crippen LogP contribution in [0.1, 0.15) is 38.4 Å². The second kappa shape index (κ2) is 3.68. The number of rotatable bonds is 2. The van der Waals surface area contributed by atoms with Crippen LogP contribution >= 0.6 is 0 Å². The Morgan fingerprint density at radius 2 is 2.00 bits per heavy atom. The monoisotopic (exact) mass is 206 g/mol. The van der Waals surface area contributed by atoms with Gasteiger partial charge in [0, 0.05) is 11.6 Å². The van der Waals surface area contributed by atoms with Crippen molar-refractivity contribution in [2.75, 3.05) is 11.1 Å². The van der Waals surface area contributed by atoms with E-state index < -0.39 is 0 Å². The highest BCUT2D eigenvalue weighted by molar-refractivity contribution is 5.46. The molecule has 0 aliphatic heterocycles. The van der Waals surface area contributed by atoms with E-state index in [-0.39, 0.29) is 5.54 Å². The third kappa shape index (κ3) is 2.37. The van der Waals surface area contributed by atoms with Crippen LogP contribution in [0.25, 0.3) is 0 Å². The van der Waals surface area contributed by atoms with Gasteiger partial charge in [-0.1, -0.05) is 12.8 Å². The molecule has 0 spiro atoms. The van der Waals surface area contributed by atoms with Crippen molar-refractivity contribution >= 4 is 11.6 Å². The van der Waals surface area contributed by atoms with Crippen LogP contribution in [0.4, 0.5) is 11.6 Å². The molecule has 1 fully saturated rings. The molecule has 1 saturated carbocycles. The maximum absolute atomic E-state index is 5.69. The maximum Gasteiger partial charge on any atom is 0.132 e. The van der Waals surface area contributed by atoms with Crippen molar-refractivity contribution in [2.45, 2.75) is 45.1 Å². The minimum Gasteiger partial charge on any atom is -0.384 e. The van der Waals surface area contributed by atoms with Crippen molar-refractivity contribution < 1.29 is 0 Å². The first-order valence-corrected chi connectivity index (χ1v) is 5.47. The third-order valence-corrected chi connectivity index (χ3v) is 2.99. The first kappa shape index (κ1) is 10.2. The number of hydrogen-bond acceptors (Lipinski definition) is 4. The van der Waals surface area contributed by atoms with E-state index in [1.54, 1.807) is 6.07 Å². The molecule has 0 radical (unpaired) electrons. The van der Waals surface area contributed by atoms with Crippen LogP contribution in [-0.2, 0) is 0 Å². The molecule has 15 heavy (non-hydrogen) atoms. The van der Waals surface area contributed by atoms with Crippen molar-refractivity contribution in [3.8, 4) is 0 Å². The lowest BCUT2D eigenvalue weighted by Gasteiger charge is -2.26. The number of nitrogen functional groups attached to an aromatic ring is 1. The summed E-state index contributed by atoms with van der Waals surface area (Å²) < 4.78 is 0. The van der Waals surface area contributed by atoms with E-state index in [1.807, 2.05) is 6.92 Å². The first-order valence-electron chi connectivity index (χ1n) is 5.47. The molecular weight excluding hydrogens is 188 g/mol. The standard InChI is InChI=1S/C11H18N4/c1-8-13-9(12)7-10(14-8)15-11(2)5-3-4-6-11/h7H,3-6H2,1-2H3,(H3,12,13,14,15). The van der Waals surface area contributed by atoms with Gasteiger partial charge in [-0.3, -0.25) is 0 Å². The van der Waals surface area contributed by atoms with E-state index in [4.69, 9.17) is 5.73 Å². The summed E-state index contributed by atoms with van der Waals surface area (Å²) in [4.78, 5) is 8.40. The van der Waals surface area contributed by atoms with Gasteiger partial charge in [0.05, 0.1) is 0 Å². The summed E-state index contributed by atoms with van der Waals surface area (Å²) in [5.41, 5.74) is 5.87. The zero-order chi connectivity index (χ0) is 10.9. The van der Waals surface area contributed by atoms with E-state index >= 15 is 0 Å². The Balaban J connectivity index is 2.16. The quantitative estimate of drug-likeness (QED) is 0.778. The minimum atomic E-state index is 0.188. The number of anilines is 2. The molecule has 1 aliphatic rings. The highest BCUT2D eigenvalue weighted by atomic mass is 15.1.